The molecule has 2 bridgehead atoms. The summed E-state index contributed by atoms with van der Waals surface area (Å²) in [5, 5.41) is 19.2. The Hall–Kier alpha value is -1.70. The molecule has 2 saturated heterocycles. The van der Waals surface area contributed by atoms with Crippen LogP contribution in [0.25, 0.3) is 0 Å². The summed E-state index contributed by atoms with van der Waals surface area (Å²) in [5.74, 6) is 1.08. The lowest BCUT2D eigenvalue weighted by Crippen LogP contribution is -2.60. The summed E-state index contributed by atoms with van der Waals surface area (Å²) in [5.41, 5.74) is 0.573. The molecule has 30 heavy (non-hydrogen) atoms. The number of nitriles is 1. The number of β-amino-alcohol motifs (C(OH)–C–C–N with tert-alkyl or cyclic N) is 1. The lowest BCUT2D eigenvalue weighted by molar-refractivity contribution is -0.143. The quantitative estimate of drug-likeness (QED) is 0.565. The second kappa shape index (κ2) is 10.6. The SMILES string of the molecule is CCS(=O)(=O)CCCN1CC2CN(CC(O)COc3ccc(C#N)cc3)CC(C1)O2. The number of ether oxygens (including phenoxy) is 2. The van der Waals surface area contributed by atoms with Gasteiger partial charge in [0, 0.05) is 38.5 Å². The zero-order chi connectivity index (χ0) is 21.6. The average Bonchev–Trinajstić information content (AvgIpc) is 2.72. The fourth-order valence-corrected chi connectivity index (χ4v) is 4.87. The van der Waals surface area contributed by atoms with E-state index in [9.17, 15) is 13.5 Å². The van der Waals surface area contributed by atoms with Crippen LogP contribution in [0, 0.1) is 11.3 Å². The van der Waals surface area contributed by atoms with Crippen molar-refractivity contribution in [1.82, 2.24) is 9.80 Å². The standard InChI is InChI=1S/C21H31N3O5S/c1-2-30(26,27)9-3-8-23-12-20-14-24(15-21(13-23)29-20)11-18(25)16-28-19-6-4-17(10-22)5-7-19/h4-7,18,20-21,25H,2-3,8-9,11-16H2,1H3. The molecule has 3 unspecified atom stereocenters. The Labute approximate surface area is 178 Å². The van der Waals surface area contributed by atoms with Gasteiger partial charge in [0.15, 0.2) is 0 Å². The number of aliphatic hydroxyl groups excluding tert-OH is 1. The van der Waals surface area contributed by atoms with E-state index >= 15 is 0 Å². The van der Waals surface area contributed by atoms with Gasteiger partial charge in [-0.05, 0) is 37.2 Å². The van der Waals surface area contributed by atoms with E-state index in [4.69, 9.17) is 14.7 Å². The van der Waals surface area contributed by atoms with Crippen molar-refractivity contribution in [1.29, 1.82) is 5.26 Å². The minimum atomic E-state index is -2.91. The van der Waals surface area contributed by atoms with Crippen molar-refractivity contribution >= 4 is 9.84 Å². The highest BCUT2D eigenvalue weighted by Gasteiger charge is 2.35. The number of benzene rings is 1. The zero-order valence-corrected chi connectivity index (χ0v) is 18.3. The summed E-state index contributed by atoms with van der Waals surface area (Å²) < 4.78 is 35.0. The molecule has 9 heteroatoms. The lowest BCUT2D eigenvalue weighted by atomic mass is 10.1. The van der Waals surface area contributed by atoms with Crippen LogP contribution in [-0.4, -0.2) is 99.0 Å². The first-order chi connectivity index (χ1) is 14.4. The average molecular weight is 438 g/mol. The van der Waals surface area contributed by atoms with Crippen LogP contribution in [0.1, 0.15) is 18.9 Å². The molecule has 2 aliphatic rings. The summed E-state index contributed by atoms with van der Waals surface area (Å²) in [6.45, 7) is 6.23. The first-order valence-corrected chi connectivity index (χ1v) is 12.3. The number of morpholine rings is 2. The van der Waals surface area contributed by atoms with E-state index in [-0.39, 0.29) is 30.3 Å². The minimum Gasteiger partial charge on any atom is -0.491 e. The maximum absolute atomic E-state index is 11.7. The molecule has 8 nitrogen and oxygen atoms in total. The number of aliphatic hydroxyl groups is 1. The molecule has 2 heterocycles. The molecule has 2 aliphatic heterocycles. The van der Waals surface area contributed by atoms with E-state index in [0.29, 0.717) is 24.3 Å². The van der Waals surface area contributed by atoms with Crippen LogP contribution >= 0.6 is 0 Å². The van der Waals surface area contributed by atoms with E-state index in [2.05, 4.69) is 15.9 Å². The first kappa shape index (κ1) is 23.0. The molecule has 0 radical (unpaired) electrons. The van der Waals surface area contributed by atoms with Gasteiger partial charge in [-0.25, -0.2) is 8.42 Å². The van der Waals surface area contributed by atoms with Gasteiger partial charge < -0.3 is 14.6 Å². The van der Waals surface area contributed by atoms with Crippen molar-refractivity contribution < 1.29 is 23.0 Å². The number of hydrogen-bond donors (Lipinski definition) is 1. The van der Waals surface area contributed by atoms with Crippen molar-refractivity contribution in [2.45, 2.75) is 31.7 Å². The molecule has 0 saturated carbocycles. The van der Waals surface area contributed by atoms with Crippen molar-refractivity contribution in [2.75, 3.05) is 57.4 Å². The van der Waals surface area contributed by atoms with Gasteiger partial charge in [0.2, 0.25) is 0 Å². The van der Waals surface area contributed by atoms with Gasteiger partial charge in [-0.2, -0.15) is 5.26 Å². The largest absolute Gasteiger partial charge is 0.491 e. The molecule has 0 aliphatic carbocycles. The molecule has 1 N–H and O–H groups in total. The Balaban J connectivity index is 1.39. The van der Waals surface area contributed by atoms with Gasteiger partial charge in [-0.3, -0.25) is 9.80 Å². The van der Waals surface area contributed by atoms with Crippen LogP contribution in [0.3, 0.4) is 0 Å². The summed E-state index contributed by atoms with van der Waals surface area (Å²) in [4.78, 5) is 4.51. The molecule has 0 amide bonds. The van der Waals surface area contributed by atoms with Crippen LogP contribution in [0.4, 0.5) is 0 Å². The number of nitrogens with zero attached hydrogens (tertiary/aromatic N) is 3. The van der Waals surface area contributed by atoms with Gasteiger partial charge >= 0.3 is 0 Å². The maximum Gasteiger partial charge on any atom is 0.150 e. The Bertz CT molecular complexity index is 810. The molecule has 1 aromatic carbocycles. The third kappa shape index (κ3) is 6.93. The van der Waals surface area contributed by atoms with Crippen molar-refractivity contribution in [3.8, 4) is 11.8 Å². The molecule has 0 aromatic heterocycles. The van der Waals surface area contributed by atoms with Gasteiger partial charge in [-0.1, -0.05) is 6.92 Å². The Morgan fingerprint density at radius 3 is 2.43 bits per heavy atom. The minimum absolute atomic E-state index is 0.0759. The van der Waals surface area contributed by atoms with Crippen molar-refractivity contribution in [3.63, 3.8) is 0 Å². The second-order valence-corrected chi connectivity index (χ2v) is 10.5. The Morgan fingerprint density at radius 1 is 1.20 bits per heavy atom. The zero-order valence-electron chi connectivity index (χ0n) is 17.4. The second-order valence-electron chi connectivity index (χ2n) is 8.05. The summed E-state index contributed by atoms with van der Waals surface area (Å²) in [6.07, 6.45) is 0.193. The highest BCUT2D eigenvalue weighted by molar-refractivity contribution is 7.91. The fraction of sp³-hybridized carbons (Fsp3) is 0.667. The number of fused-ring (bicyclic) bond motifs is 2. The van der Waals surface area contributed by atoms with E-state index in [1.807, 2.05) is 0 Å². The van der Waals surface area contributed by atoms with E-state index in [0.717, 1.165) is 32.7 Å². The van der Waals surface area contributed by atoms with Crippen LogP contribution in [-0.2, 0) is 14.6 Å². The topological polar surface area (TPSA) is 103 Å². The lowest BCUT2D eigenvalue weighted by Gasteiger charge is -2.46. The normalized spacial score (nSPS) is 23.6. The molecule has 3 atom stereocenters. The van der Waals surface area contributed by atoms with Gasteiger partial charge in [0.25, 0.3) is 0 Å². The summed E-state index contributed by atoms with van der Waals surface area (Å²) in [6, 6.07) is 8.89. The van der Waals surface area contributed by atoms with E-state index in [1.165, 1.54) is 0 Å². The fourth-order valence-electron chi connectivity index (χ4n) is 4.01. The molecular weight excluding hydrogens is 406 g/mol. The first-order valence-electron chi connectivity index (χ1n) is 10.5. The Kier molecular flexibility index (Phi) is 8.08. The van der Waals surface area contributed by atoms with E-state index < -0.39 is 15.9 Å². The predicted molar refractivity (Wildman–Crippen MR) is 113 cm³/mol. The number of rotatable bonds is 10. The van der Waals surface area contributed by atoms with Crippen LogP contribution in [0.2, 0.25) is 0 Å². The van der Waals surface area contributed by atoms with Crippen LogP contribution in [0.15, 0.2) is 24.3 Å². The summed E-state index contributed by atoms with van der Waals surface area (Å²) in [7, 11) is -2.91. The highest BCUT2D eigenvalue weighted by Crippen LogP contribution is 2.20. The molecule has 3 rings (SSSR count). The monoisotopic (exact) mass is 437 g/mol. The van der Waals surface area contributed by atoms with Gasteiger partial charge in [0.05, 0.1) is 29.6 Å². The molecule has 1 aromatic rings. The third-order valence-electron chi connectivity index (χ3n) is 5.50. The number of hydrogen-bond acceptors (Lipinski definition) is 8. The molecule has 2 fully saturated rings. The predicted octanol–water partition coefficient (Wildman–Crippen LogP) is 0.508. The van der Waals surface area contributed by atoms with Gasteiger partial charge in [0.1, 0.15) is 28.3 Å². The summed E-state index contributed by atoms with van der Waals surface area (Å²) >= 11 is 0. The van der Waals surface area contributed by atoms with Crippen molar-refractivity contribution in [3.05, 3.63) is 29.8 Å². The molecule has 0 spiro atoms. The van der Waals surface area contributed by atoms with E-state index in [1.54, 1.807) is 31.2 Å². The Morgan fingerprint density at radius 2 is 1.83 bits per heavy atom. The third-order valence-corrected chi connectivity index (χ3v) is 7.29. The number of sulfone groups is 1. The van der Waals surface area contributed by atoms with Crippen LogP contribution < -0.4 is 4.74 Å². The van der Waals surface area contributed by atoms with Gasteiger partial charge in [-0.15, -0.1) is 0 Å². The highest BCUT2D eigenvalue weighted by atomic mass is 32.2. The maximum atomic E-state index is 11.7. The molecular formula is C21H31N3O5S. The van der Waals surface area contributed by atoms with Crippen molar-refractivity contribution in [2.24, 2.45) is 0 Å². The molecule has 166 valence electrons. The smallest absolute Gasteiger partial charge is 0.150 e. The van der Waals surface area contributed by atoms with Crippen LogP contribution in [0.5, 0.6) is 5.75 Å².